The standard InChI is InChI=1S/C22H30N4O2/c1-17-7-4-5-8-18(17)20-10-9-19(21(24-20)25(2)3)22(27)23-11-6-12-26-13-15-28-16-14-26/h4-5,7-10H,6,11-16H2,1-3H3,(H,23,27). The highest BCUT2D eigenvalue weighted by atomic mass is 16.5. The van der Waals surface area contributed by atoms with Crippen LogP contribution in [0.4, 0.5) is 5.82 Å². The highest BCUT2D eigenvalue weighted by Crippen LogP contribution is 2.25. The molecule has 1 aliphatic rings. The molecule has 28 heavy (non-hydrogen) atoms. The third kappa shape index (κ3) is 5.09. The predicted octanol–water partition coefficient (Wildman–Crippen LogP) is 2.58. The van der Waals surface area contributed by atoms with Crippen LogP contribution in [0.1, 0.15) is 22.3 Å². The number of nitrogens with zero attached hydrogens (tertiary/aromatic N) is 3. The van der Waals surface area contributed by atoms with Gasteiger partial charge in [0, 0.05) is 39.3 Å². The predicted molar refractivity (Wildman–Crippen MR) is 113 cm³/mol. The van der Waals surface area contributed by atoms with E-state index >= 15 is 0 Å². The quantitative estimate of drug-likeness (QED) is 0.746. The molecule has 150 valence electrons. The second-order valence-corrected chi connectivity index (χ2v) is 7.34. The molecule has 1 fully saturated rings. The number of ether oxygens (including phenoxy) is 1. The molecule has 0 unspecified atom stereocenters. The van der Waals surface area contributed by atoms with Crippen LogP contribution < -0.4 is 10.2 Å². The molecule has 0 atom stereocenters. The van der Waals surface area contributed by atoms with Crippen LogP contribution in [-0.2, 0) is 4.74 Å². The Kier molecular flexibility index (Phi) is 7.01. The maximum Gasteiger partial charge on any atom is 0.255 e. The van der Waals surface area contributed by atoms with E-state index in [0.717, 1.165) is 50.5 Å². The normalized spacial score (nSPS) is 14.7. The highest BCUT2D eigenvalue weighted by molar-refractivity contribution is 5.99. The molecule has 1 aliphatic heterocycles. The highest BCUT2D eigenvalue weighted by Gasteiger charge is 2.16. The van der Waals surface area contributed by atoms with E-state index in [1.165, 1.54) is 5.56 Å². The molecule has 0 bridgehead atoms. The lowest BCUT2D eigenvalue weighted by Gasteiger charge is -2.26. The van der Waals surface area contributed by atoms with Crippen molar-refractivity contribution < 1.29 is 9.53 Å². The number of nitrogens with one attached hydrogen (secondary N) is 1. The molecule has 1 aromatic heterocycles. The minimum atomic E-state index is -0.0745. The first-order valence-electron chi connectivity index (χ1n) is 9.89. The summed E-state index contributed by atoms with van der Waals surface area (Å²) < 4.78 is 5.36. The van der Waals surface area contributed by atoms with Crippen molar-refractivity contribution in [2.45, 2.75) is 13.3 Å². The topological polar surface area (TPSA) is 57.7 Å². The lowest BCUT2D eigenvalue weighted by Crippen LogP contribution is -2.38. The number of carbonyl (C=O) groups is 1. The van der Waals surface area contributed by atoms with Crippen molar-refractivity contribution in [3.05, 3.63) is 47.5 Å². The van der Waals surface area contributed by atoms with Crippen LogP contribution in [0.15, 0.2) is 36.4 Å². The van der Waals surface area contributed by atoms with Gasteiger partial charge < -0.3 is 15.0 Å². The Morgan fingerprint density at radius 2 is 1.93 bits per heavy atom. The first-order valence-corrected chi connectivity index (χ1v) is 9.89. The molecule has 0 spiro atoms. The van der Waals surface area contributed by atoms with Crippen LogP contribution in [0, 0.1) is 6.92 Å². The Hall–Kier alpha value is -2.44. The lowest BCUT2D eigenvalue weighted by atomic mass is 10.0. The number of benzene rings is 1. The molecule has 6 nitrogen and oxygen atoms in total. The van der Waals surface area contributed by atoms with Gasteiger partial charge in [-0.05, 0) is 37.6 Å². The largest absolute Gasteiger partial charge is 0.379 e. The number of morpholine rings is 1. The van der Waals surface area contributed by atoms with Gasteiger partial charge in [-0.1, -0.05) is 24.3 Å². The average molecular weight is 383 g/mol. The number of aromatic nitrogens is 1. The second-order valence-electron chi connectivity index (χ2n) is 7.34. The molecular formula is C22H30N4O2. The van der Waals surface area contributed by atoms with Gasteiger partial charge in [-0.3, -0.25) is 9.69 Å². The van der Waals surface area contributed by atoms with E-state index in [2.05, 4.69) is 29.3 Å². The third-order valence-electron chi connectivity index (χ3n) is 5.00. The Labute approximate surface area is 167 Å². The van der Waals surface area contributed by atoms with E-state index in [1.807, 2.05) is 43.3 Å². The zero-order valence-electron chi connectivity index (χ0n) is 17.1. The smallest absolute Gasteiger partial charge is 0.255 e. The van der Waals surface area contributed by atoms with Gasteiger partial charge in [0.1, 0.15) is 5.82 Å². The number of hydrogen-bond acceptors (Lipinski definition) is 5. The Morgan fingerprint density at radius 1 is 1.18 bits per heavy atom. The fourth-order valence-corrected chi connectivity index (χ4v) is 3.40. The van der Waals surface area contributed by atoms with Gasteiger partial charge in [0.05, 0.1) is 24.5 Å². The second kappa shape index (κ2) is 9.66. The molecule has 0 aliphatic carbocycles. The first kappa shape index (κ1) is 20.3. The van der Waals surface area contributed by atoms with Gasteiger partial charge >= 0.3 is 0 Å². The molecule has 2 aromatic rings. The summed E-state index contributed by atoms with van der Waals surface area (Å²) in [6, 6.07) is 12.0. The lowest BCUT2D eigenvalue weighted by molar-refractivity contribution is 0.0374. The van der Waals surface area contributed by atoms with Gasteiger partial charge in [0.25, 0.3) is 5.91 Å². The maximum absolute atomic E-state index is 12.7. The summed E-state index contributed by atoms with van der Waals surface area (Å²) in [5, 5.41) is 3.04. The fourth-order valence-electron chi connectivity index (χ4n) is 3.40. The number of anilines is 1. The monoisotopic (exact) mass is 382 g/mol. The zero-order chi connectivity index (χ0) is 19.9. The fraction of sp³-hybridized carbons (Fsp3) is 0.455. The number of amides is 1. The van der Waals surface area contributed by atoms with Crippen molar-refractivity contribution in [1.82, 2.24) is 15.2 Å². The van der Waals surface area contributed by atoms with Crippen LogP contribution in [0.3, 0.4) is 0 Å². The van der Waals surface area contributed by atoms with Gasteiger partial charge in [-0.25, -0.2) is 4.98 Å². The van der Waals surface area contributed by atoms with Crippen LogP contribution in [0.25, 0.3) is 11.3 Å². The summed E-state index contributed by atoms with van der Waals surface area (Å²) in [4.78, 5) is 21.8. The summed E-state index contributed by atoms with van der Waals surface area (Å²) in [5.41, 5.74) is 3.74. The number of rotatable bonds is 7. The van der Waals surface area contributed by atoms with Crippen molar-refractivity contribution >= 4 is 11.7 Å². The number of carbonyl (C=O) groups excluding carboxylic acids is 1. The van der Waals surface area contributed by atoms with Crippen molar-refractivity contribution in [3.63, 3.8) is 0 Å². The van der Waals surface area contributed by atoms with E-state index in [-0.39, 0.29) is 5.91 Å². The summed E-state index contributed by atoms with van der Waals surface area (Å²) in [6.45, 7) is 7.26. The number of hydrogen-bond donors (Lipinski definition) is 1. The summed E-state index contributed by atoms with van der Waals surface area (Å²) in [7, 11) is 3.83. The number of aryl methyl sites for hydroxylation is 1. The SMILES string of the molecule is Cc1ccccc1-c1ccc(C(=O)NCCCN2CCOCC2)c(N(C)C)n1. The molecule has 1 amide bonds. The summed E-state index contributed by atoms with van der Waals surface area (Å²) in [6.07, 6.45) is 0.928. The van der Waals surface area contributed by atoms with Gasteiger partial charge in [0.15, 0.2) is 0 Å². The Balaban J connectivity index is 1.65. The van der Waals surface area contributed by atoms with E-state index in [9.17, 15) is 4.79 Å². The molecule has 3 rings (SSSR count). The van der Waals surface area contributed by atoms with Gasteiger partial charge in [-0.2, -0.15) is 0 Å². The van der Waals surface area contributed by atoms with Crippen LogP contribution >= 0.6 is 0 Å². The molecule has 1 N–H and O–H groups in total. The number of pyridine rings is 1. The van der Waals surface area contributed by atoms with Crippen molar-refractivity contribution in [3.8, 4) is 11.3 Å². The third-order valence-corrected chi connectivity index (χ3v) is 5.00. The minimum absolute atomic E-state index is 0.0745. The maximum atomic E-state index is 12.7. The molecule has 1 saturated heterocycles. The molecule has 0 saturated carbocycles. The van der Waals surface area contributed by atoms with Gasteiger partial charge in [-0.15, -0.1) is 0 Å². The summed E-state index contributed by atoms with van der Waals surface area (Å²) in [5.74, 6) is 0.612. The van der Waals surface area contributed by atoms with Crippen molar-refractivity contribution in [2.75, 3.05) is 58.4 Å². The van der Waals surface area contributed by atoms with Crippen LogP contribution in [0.5, 0.6) is 0 Å². The minimum Gasteiger partial charge on any atom is -0.379 e. The molecular weight excluding hydrogens is 352 g/mol. The average Bonchev–Trinajstić information content (AvgIpc) is 2.71. The van der Waals surface area contributed by atoms with E-state index in [4.69, 9.17) is 9.72 Å². The van der Waals surface area contributed by atoms with Crippen LogP contribution in [-0.4, -0.2) is 69.3 Å². The molecule has 2 heterocycles. The first-order chi connectivity index (χ1) is 13.6. The van der Waals surface area contributed by atoms with E-state index < -0.39 is 0 Å². The van der Waals surface area contributed by atoms with E-state index in [1.54, 1.807) is 0 Å². The van der Waals surface area contributed by atoms with E-state index in [0.29, 0.717) is 17.9 Å². The molecule has 6 heteroatoms. The molecule has 0 radical (unpaired) electrons. The molecule has 1 aromatic carbocycles. The van der Waals surface area contributed by atoms with Crippen LogP contribution in [0.2, 0.25) is 0 Å². The Bertz CT molecular complexity index is 801. The van der Waals surface area contributed by atoms with Crippen molar-refractivity contribution in [2.24, 2.45) is 0 Å². The van der Waals surface area contributed by atoms with Gasteiger partial charge in [0.2, 0.25) is 0 Å². The van der Waals surface area contributed by atoms with Crippen molar-refractivity contribution in [1.29, 1.82) is 0 Å². The summed E-state index contributed by atoms with van der Waals surface area (Å²) >= 11 is 0. The Morgan fingerprint density at radius 3 is 2.64 bits per heavy atom. The zero-order valence-corrected chi connectivity index (χ0v) is 17.1.